The Labute approximate surface area is 95.3 Å². The lowest BCUT2D eigenvalue weighted by Gasteiger charge is -2.32. The molecule has 0 aliphatic heterocycles. The van der Waals surface area contributed by atoms with E-state index in [1.54, 1.807) is 0 Å². The molecule has 0 amide bonds. The summed E-state index contributed by atoms with van der Waals surface area (Å²) in [5, 5.41) is 0. The molecule has 0 rings (SSSR count). The third kappa shape index (κ3) is 6.16. The van der Waals surface area contributed by atoms with Crippen LogP contribution in [0.1, 0.15) is 66.2 Å². The number of hydrogen-bond acceptors (Lipinski definition) is 2. The fraction of sp³-hybridized carbons (Fsp3) is 1.00. The second-order valence-electron chi connectivity index (χ2n) is 4.06. The van der Waals surface area contributed by atoms with Crippen LogP contribution in [0.15, 0.2) is 0 Å². The van der Waals surface area contributed by atoms with Gasteiger partial charge in [0.25, 0.3) is 0 Å². The standard InChI is InChI=1S/C13H28O2/c1-5-9-12-15-13(8-4,10-6-2)14-11-7-3/h5-12H2,1-4H3. The molecule has 0 aromatic carbocycles. The predicted molar refractivity (Wildman–Crippen MR) is 65.0 cm³/mol. The van der Waals surface area contributed by atoms with Gasteiger partial charge >= 0.3 is 0 Å². The number of rotatable bonds is 10. The van der Waals surface area contributed by atoms with E-state index in [9.17, 15) is 0 Å². The van der Waals surface area contributed by atoms with Crippen molar-refractivity contribution in [1.82, 2.24) is 0 Å². The zero-order valence-electron chi connectivity index (χ0n) is 11.0. The van der Waals surface area contributed by atoms with Crippen LogP contribution >= 0.6 is 0 Å². The van der Waals surface area contributed by atoms with E-state index in [1.165, 1.54) is 6.42 Å². The molecule has 0 aliphatic carbocycles. The Morgan fingerprint density at radius 1 is 0.800 bits per heavy atom. The second-order valence-corrected chi connectivity index (χ2v) is 4.06. The van der Waals surface area contributed by atoms with Gasteiger partial charge in [-0.1, -0.05) is 40.5 Å². The summed E-state index contributed by atoms with van der Waals surface area (Å²) in [7, 11) is 0. The van der Waals surface area contributed by atoms with E-state index in [0.29, 0.717) is 0 Å². The van der Waals surface area contributed by atoms with E-state index in [0.717, 1.165) is 45.3 Å². The summed E-state index contributed by atoms with van der Waals surface area (Å²) >= 11 is 0. The minimum atomic E-state index is -0.306. The molecule has 0 spiro atoms. The molecule has 0 aliphatic rings. The van der Waals surface area contributed by atoms with Crippen LogP contribution in [0.2, 0.25) is 0 Å². The van der Waals surface area contributed by atoms with Crippen molar-refractivity contribution in [2.75, 3.05) is 13.2 Å². The molecule has 0 aromatic rings. The van der Waals surface area contributed by atoms with Gasteiger partial charge in [0.05, 0.1) is 6.61 Å². The van der Waals surface area contributed by atoms with Crippen molar-refractivity contribution in [3.8, 4) is 0 Å². The average Bonchev–Trinajstić information content (AvgIpc) is 2.26. The molecule has 0 N–H and O–H groups in total. The van der Waals surface area contributed by atoms with Gasteiger partial charge in [-0.2, -0.15) is 0 Å². The Bertz CT molecular complexity index is 136. The molecular weight excluding hydrogens is 188 g/mol. The van der Waals surface area contributed by atoms with E-state index in [4.69, 9.17) is 9.47 Å². The Morgan fingerprint density at radius 3 is 1.93 bits per heavy atom. The molecule has 15 heavy (non-hydrogen) atoms. The number of hydrogen-bond donors (Lipinski definition) is 0. The Balaban J connectivity index is 4.09. The third-order valence-electron chi connectivity index (χ3n) is 2.60. The van der Waals surface area contributed by atoms with Crippen LogP contribution in [0.5, 0.6) is 0 Å². The highest BCUT2D eigenvalue weighted by molar-refractivity contribution is 4.67. The van der Waals surface area contributed by atoms with Crippen LogP contribution in [-0.2, 0) is 9.47 Å². The lowest BCUT2D eigenvalue weighted by molar-refractivity contribution is -0.243. The topological polar surface area (TPSA) is 18.5 Å². The summed E-state index contributed by atoms with van der Waals surface area (Å²) in [4.78, 5) is 0. The van der Waals surface area contributed by atoms with E-state index in [-0.39, 0.29) is 5.79 Å². The van der Waals surface area contributed by atoms with Gasteiger partial charge in [-0.3, -0.25) is 0 Å². The van der Waals surface area contributed by atoms with Gasteiger partial charge in [0.15, 0.2) is 5.79 Å². The van der Waals surface area contributed by atoms with Gasteiger partial charge in [-0.15, -0.1) is 0 Å². The fourth-order valence-corrected chi connectivity index (χ4v) is 1.64. The van der Waals surface area contributed by atoms with Crippen LogP contribution in [0.25, 0.3) is 0 Å². The monoisotopic (exact) mass is 216 g/mol. The molecule has 0 fully saturated rings. The Morgan fingerprint density at radius 2 is 1.47 bits per heavy atom. The van der Waals surface area contributed by atoms with Crippen LogP contribution in [0.3, 0.4) is 0 Å². The Kier molecular flexibility index (Phi) is 9.12. The highest BCUT2D eigenvalue weighted by Crippen LogP contribution is 2.24. The maximum Gasteiger partial charge on any atom is 0.167 e. The van der Waals surface area contributed by atoms with Gasteiger partial charge in [0, 0.05) is 13.0 Å². The summed E-state index contributed by atoms with van der Waals surface area (Å²) in [6.45, 7) is 10.3. The maximum absolute atomic E-state index is 5.94. The van der Waals surface area contributed by atoms with Crippen LogP contribution < -0.4 is 0 Å². The van der Waals surface area contributed by atoms with E-state index in [1.807, 2.05) is 0 Å². The minimum Gasteiger partial charge on any atom is -0.350 e. The summed E-state index contributed by atoms with van der Waals surface area (Å²) < 4.78 is 11.8. The molecule has 2 nitrogen and oxygen atoms in total. The molecule has 1 atom stereocenters. The van der Waals surface area contributed by atoms with Crippen molar-refractivity contribution in [3.05, 3.63) is 0 Å². The van der Waals surface area contributed by atoms with Gasteiger partial charge in [0.2, 0.25) is 0 Å². The number of unbranched alkanes of at least 4 members (excludes halogenated alkanes) is 1. The van der Waals surface area contributed by atoms with Crippen LogP contribution in [0.4, 0.5) is 0 Å². The van der Waals surface area contributed by atoms with Crippen LogP contribution in [0, 0.1) is 0 Å². The van der Waals surface area contributed by atoms with Crippen molar-refractivity contribution in [2.45, 2.75) is 72.0 Å². The summed E-state index contributed by atoms with van der Waals surface area (Å²) in [5.41, 5.74) is 0. The average molecular weight is 216 g/mol. The Hall–Kier alpha value is -0.0800. The first-order chi connectivity index (χ1) is 7.24. The lowest BCUT2D eigenvalue weighted by atomic mass is 10.1. The van der Waals surface area contributed by atoms with E-state index >= 15 is 0 Å². The first-order valence-corrected chi connectivity index (χ1v) is 6.52. The maximum atomic E-state index is 5.94. The quantitative estimate of drug-likeness (QED) is 0.404. The van der Waals surface area contributed by atoms with Crippen molar-refractivity contribution in [2.24, 2.45) is 0 Å². The first kappa shape index (κ1) is 14.9. The largest absolute Gasteiger partial charge is 0.350 e. The molecule has 0 saturated carbocycles. The molecule has 0 saturated heterocycles. The minimum absolute atomic E-state index is 0.306. The van der Waals surface area contributed by atoms with Crippen molar-refractivity contribution in [3.63, 3.8) is 0 Å². The molecule has 0 bridgehead atoms. The van der Waals surface area contributed by atoms with E-state index < -0.39 is 0 Å². The zero-order valence-corrected chi connectivity index (χ0v) is 11.0. The van der Waals surface area contributed by atoms with Crippen molar-refractivity contribution < 1.29 is 9.47 Å². The molecule has 92 valence electrons. The van der Waals surface area contributed by atoms with Crippen molar-refractivity contribution >= 4 is 0 Å². The smallest absolute Gasteiger partial charge is 0.167 e. The summed E-state index contributed by atoms with van der Waals surface area (Å²) in [5.74, 6) is -0.306. The van der Waals surface area contributed by atoms with Gasteiger partial charge in [-0.05, 0) is 19.3 Å². The fourth-order valence-electron chi connectivity index (χ4n) is 1.64. The second kappa shape index (κ2) is 9.17. The SMILES string of the molecule is CCCCOC(CC)(CCC)OCCC. The number of ether oxygens (including phenoxy) is 2. The lowest BCUT2D eigenvalue weighted by Crippen LogP contribution is -2.36. The first-order valence-electron chi connectivity index (χ1n) is 6.52. The molecule has 1 unspecified atom stereocenters. The van der Waals surface area contributed by atoms with Gasteiger partial charge < -0.3 is 9.47 Å². The highest BCUT2D eigenvalue weighted by Gasteiger charge is 2.28. The van der Waals surface area contributed by atoms with Gasteiger partial charge in [0.1, 0.15) is 0 Å². The third-order valence-corrected chi connectivity index (χ3v) is 2.60. The van der Waals surface area contributed by atoms with Gasteiger partial charge in [-0.25, -0.2) is 0 Å². The molecule has 0 heterocycles. The molecule has 2 heteroatoms. The highest BCUT2D eigenvalue weighted by atomic mass is 16.7. The molecule has 0 aromatic heterocycles. The molecular formula is C13H28O2. The summed E-state index contributed by atoms with van der Waals surface area (Å²) in [6, 6.07) is 0. The predicted octanol–water partition coefficient (Wildman–Crippen LogP) is 4.14. The zero-order chi connectivity index (χ0) is 11.6. The van der Waals surface area contributed by atoms with E-state index in [2.05, 4.69) is 27.7 Å². The van der Waals surface area contributed by atoms with Crippen molar-refractivity contribution in [1.29, 1.82) is 0 Å². The molecule has 0 radical (unpaired) electrons. The van der Waals surface area contributed by atoms with Crippen LogP contribution in [-0.4, -0.2) is 19.0 Å². The normalized spacial score (nSPS) is 15.2. The summed E-state index contributed by atoms with van der Waals surface area (Å²) in [6.07, 6.45) is 6.44.